The van der Waals surface area contributed by atoms with Gasteiger partial charge in [-0.2, -0.15) is 0 Å². The van der Waals surface area contributed by atoms with Crippen LogP contribution in [0.15, 0.2) is 18.2 Å². The summed E-state index contributed by atoms with van der Waals surface area (Å²) in [7, 11) is 0. The van der Waals surface area contributed by atoms with Crippen LogP contribution >= 0.6 is 0 Å². The number of fused-ring (bicyclic) bond motifs is 1. The van der Waals surface area contributed by atoms with Crippen molar-refractivity contribution in [2.24, 2.45) is 5.92 Å². The third-order valence-electron chi connectivity index (χ3n) is 5.47. The van der Waals surface area contributed by atoms with Crippen LogP contribution in [0.4, 0.5) is 5.69 Å². The minimum Gasteiger partial charge on any atom is -0.486 e. The van der Waals surface area contributed by atoms with E-state index in [4.69, 9.17) is 4.74 Å². The fourth-order valence-corrected chi connectivity index (χ4v) is 3.96. The molecule has 1 aliphatic heterocycles. The van der Waals surface area contributed by atoms with Gasteiger partial charge in [-0.1, -0.05) is 32.8 Å². The average Bonchev–Trinajstić information content (AvgIpc) is 2.56. The summed E-state index contributed by atoms with van der Waals surface area (Å²) in [5, 5.41) is 7.38. The second kappa shape index (κ2) is 7.57. The molecule has 2 aliphatic rings. The lowest BCUT2D eigenvalue weighted by Crippen LogP contribution is -2.43. The van der Waals surface area contributed by atoms with E-state index in [2.05, 4.69) is 49.6 Å². The number of benzene rings is 1. The first-order valence-electron chi connectivity index (χ1n) is 9.45. The van der Waals surface area contributed by atoms with Crippen LogP contribution in [0.5, 0.6) is 5.75 Å². The summed E-state index contributed by atoms with van der Waals surface area (Å²) in [5.74, 6) is 1.82. The van der Waals surface area contributed by atoms with Crippen molar-refractivity contribution in [2.75, 3.05) is 11.9 Å². The van der Waals surface area contributed by atoms with E-state index in [1.807, 2.05) is 0 Å². The molecule has 0 saturated heterocycles. The Hall–Kier alpha value is -1.22. The molecule has 1 fully saturated rings. The lowest BCUT2D eigenvalue weighted by molar-refractivity contribution is 0.201. The first kappa shape index (κ1) is 16.6. The van der Waals surface area contributed by atoms with Crippen molar-refractivity contribution in [3.05, 3.63) is 23.8 Å². The van der Waals surface area contributed by atoms with Gasteiger partial charge in [0.05, 0.1) is 12.2 Å². The first-order chi connectivity index (χ1) is 11.2. The molecule has 2 N–H and O–H groups in total. The highest BCUT2D eigenvalue weighted by Gasteiger charge is 2.23. The summed E-state index contributed by atoms with van der Waals surface area (Å²) in [6.07, 6.45) is 7.94. The third kappa shape index (κ3) is 4.20. The molecular weight excluding hydrogens is 284 g/mol. The van der Waals surface area contributed by atoms with Gasteiger partial charge in [-0.25, -0.2) is 0 Å². The van der Waals surface area contributed by atoms with Gasteiger partial charge in [0.1, 0.15) is 11.9 Å². The number of hydrogen-bond donors (Lipinski definition) is 2. The summed E-state index contributed by atoms with van der Waals surface area (Å²) in [6, 6.07) is 7.84. The smallest absolute Gasteiger partial charge is 0.142 e. The molecule has 0 radical (unpaired) electrons. The van der Waals surface area contributed by atoms with Gasteiger partial charge in [-0.3, -0.25) is 0 Å². The Balaban J connectivity index is 1.57. The normalized spacial score (nSPS) is 28.4. The molecule has 0 spiro atoms. The maximum absolute atomic E-state index is 6.00. The number of ether oxygens (including phenoxy) is 1. The molecule has 1 heterocycles. The molecule has 0 bridgehead atoms. The highest BCUT2D eigenvalue weighted by atomic mass is 16.5. The van der Waals surface area contributed by atoms with E-state index >= 15 is 0 Å². The standard InChI is InChI=1S/C20H32N2O/c1-4-17-13-21-19-12-16(9-10-20(19)23-17)11-15(3)22-18-8-6-5-7-14(18)2/h9-10,12,14-15,17-18,21-22H,4-8,11,13H2,1-3H3. The largest absolute Gasteiger partial charge is 0.486 e. The Bertz CT molecular complexity index is 516. The zero-order valence-electron chi connectivity index (χ0n) is 14.9. The lowest BCUT2D eigenvalue weighted by Gasteiger charge is -2.32. The van der Waals surface area contributed by atoms with Gasteiger partial charge >= 0.3 is 0 Å². The van der Waals surface area contributed by atoms with Crippen molar-refractivity contribution in [1.82, 2.24) is 5.32 Å². The molecule has 1 aliphatic carbocycles. The first-order valence-corrected chi connectivity index (χ1v) is 9.45. The maximum Gasteiger partial charge on any atom is 0.142 e. The van der Waals surface area contributed by atoms with E-state index in [0.717, 1.165) is 36.7 Å². The molecule has 0 amide bonds. The predicted molar refractivity (Wildman–Crippen MR) is 97.4 cm³/mol. The van der Waals surface area contributed by atoms with Crippen LogP contribution in [0.3, 0.4) is 0 Å². The van der Waals surface area contributed by atoms with Crippen molar-refractivity contribution in [3.8, 4) is 5.75 Å². The van der Waals surface area contributed by atoms with E-state index < -0.39 is 0 Å². The number of anilines is 1. The van der Waals surface area contributed by atoms with Crippen molar-refractivity contribution >= 4 is 5.69 Å². The minimum absolute atomic E-state index is 0.307. The Kier molecular flexibility index (Phi) is 5.47. The van der Waals surface area contributed by atoms with E-state index in [1.165, 1.54) is 31.2 Å². The molecule has 23 heavy (non-hydrogen) atoms. The van der Waals surface area contributed by atoms with Crippen molar-refractivity contribution in [2.45, 2.75) is 77.5 Å². The summed E-state index contributed by atoms with van der Waals surface area (Å²) in [4.78, 5) is 0. The van der Waals surface area contributed by atoms with Gasteiger partial charge in [0.25, 0.3) is 0 Å². The molecule has 128 valence electrons. The third-order valence-corrected chi connectivity index (χ3v) is 5.47. The molecule has 0 aromatic heterocycles. The fraction of sp³-hybridized carbons (Fsp3) is 0.700. The number of nitrogens with one attached hydrogen (secondary N) is 2. The zero-order valence-corrected chi connectivity index (χ0v) is 14.9. The summed E-state index contributed by atoms with van der Waals surface area (Å²) < 4.78 is 6.00. The highest BCUT2D eigenvalue weighted by Crippen LogP contribution is 2.31. The second-order valence-corrected chi connectivity index (χ2v) is 7.50. The van der Waals surface area contributed by atoms with Crippen molar-refractivity contribution in [3.63, 3.8) is 0 Å². The number of hydrogen-bond acceptors (Lipinski definition) is 3. The summed E-state index contributed by atoms with van der Waals surface area (Å²) in [5.41, 5.74) is 2.55. The molecule has 3 heteroatoms. The van der Waals surface area contributed by atoms with Gasteiger partial charge in [0.15, 0.2) is 0 Å². The zero-order chi connectivity index (χ0) is 16.2. The molecular formula is C20H32N2O. The molecule has 1 saturated carbocycles. The van der Waals surface area contributed by atoms with Gasteiger partial charge in [0, 0.05) is 12.1 Å². The van der Waals surface area contributed by atoms with E-state index in [9.17, 15) is 0 Å². The highest BCUT2D eigenvalue weighted by molar-refractivity contribution is 5.59. The topological polar surface area (TPSA) is 33.3 Å². The molecule has 1 aromatic carbocycles. The van der Waals surface area contributed by atoms with Crippen LogP contribution in [0.25, 0.3) is 0 Å². The second-order valence-electron chi connectivity index (χ2n) is 7.50. The van der Waals surface area contributed by atoms with Gasteiger partial charge < -0.3 is 15.4 Å². The van der Waals surface area contributed by atoms with Crippen LogP contribution in [0.2, 0.25) is 0 Å². The molecule has 1 aromatic rings. The van der Waals surface area contributed by atoms with Gasteiger partial charge in [-0.15, -0.1) is 0 Å². The number of rotatable bonds is 5. The Labute approximate surface area is 141 Å². The van der Waals surface area contributed by atoms with Gasteiger partial charge in [-0.05, 0) is 56.2 Å². The molecule has 4 unspecified atom stereocenters. The van der Waals surface area contributed by atoms with Gasteiger partial charge in [0.2, 0.25) is 0 Å². The molecule has 3 nitrogen and oxygen atoms in total. The predicted octanol–water partition coefficient (Wildman–Crippen LogP) is 4.37. The SMILES string of the molecule is CCC1CNc2cc(CC(C)NC3CCCCC3C)ccc2O1. The maximum atomic E-state index is 6.00. The van der Waals surface area contributed by atoms with Crippen molar-refractivity contribution in [1.29, 1.82) is 0 Å². The van der Waals surface area contributed by atoms with E-state index in [1.54, 1.807) is 0 Å². The van der Waals surface area contributed by atoms with Crippen LogP contribution in [-0.4, -0.2) is 24.7 Å². The van der Waals surface area contributed by atoms with E-state index in [-0.39, 0.29) is 0 Å². The lowest BCUT2D eigenvalue weighted by atomic mass is 9.85. The molecule has 3 rings (SSSR count). The van der Waals surface area contributed by atoms with Crippen LogP contribution in [-0.2, 0) is 6.42 Å². The average molecular weight is 316 g/mol. The Morgan fingerprint density at radius 1 is 1.30 bits per heavy atom. The van der Waals surface area contributed by atoms with Crippen LogP contribution in [0, 0.1) is 5.92 Å². The van der Waals surface area contributed by atoms with Crippen LogP contribution < -0.4 is 15.4 Å². The Morgan fingerprint density at radius 3 is 2.91 bits per heavy atom. The van der Waals surface area contributed by atoms with Crippen molar-refractivity contribution < 1.29 is 4.74 Å². The Morgan fingerprint density at radius 2 is 2.13 bits per heavy atom. The van der Waals surface area contributed by atoms with E-state index in [0.29, 0.717) is 18.2 Å². The fourth-order valence-electron chi connectivity index (χ4n) is 3.96. The summed E-state index contributed by atoms with van der Waals surface area (Å²) in [6.45, 7) is 7.80. The molecule has 4 atom stereocenters. The van der Waals surface area contributed by atoms with Crippen LogP contribution in [0.1, 0.15) is 58.4 Å². The minimum atomic E-state index is 0.307. The monoisotopic (exact) mass is 316 g/mol. The quantitative estimate of drug-likeness (QED) is 0.846. The summed E-state index contributed by atoms with van der Waals surface area (Å²) >= 11 is 0.